The van der Waals surface area contributed by atoms with Gasteiger partial charge in [-0.25, -0.2) is 4.39 Å². The van der Waals surface area contributed by atoms with E-state index in [-0.39, 0.29) is 0 Å². The maximum absolute atomic E-state index is 12.7. The SMILES string of the molecule is C[N+](C)(C)CC(O)Cc1ccccc1CF. The highest BCUT2D eigenvalue weighted by Gasteiger charge is 2.16. The number of likely N-dealkylation sites (N-methyl/N-ethyl adjacent to an activating group) is 1. The van der Waals surface area contributed by atoms with Crippen molar-refractivity contribution >= 4 is 0 Å². The first-order valence-electron chi connectivity index (χ1n) is 5.53. The van der Waals surface area contributed by atoms with Gasteiger partial charge in [0.05, 0.1) is 21.1 Å². The van der Waals surface area contributed by atoms with Crippen LogP contribution < -0.4 is 0 Å². The van der Waals surface area contributed by atoms with Gasteiger partial charge in [0.15, 0.2) is 0 Å². The van der Waals surface area contributed by atoms with Crippen LogP contribution in [0.2, 0.25) is 0 Å². The van der Waals surface area contributed by atoms with Crippen LogP contribution in [0, 0.1) is 0 Å². The zero-order valence-corrected chi connectivity index (χ0v) is 10.3. The highest BCUT2D eigenvalue weighted by Crippen LogP contribution is 2.13. The molecule has 0 saturated heterocycles. The Kier molecular flexibility index (Phi) is 4.44. The van der Waals surface area contributed by atoms with E-state index in [0.29, 0.717) is 23.0 Å². The Labute approximate surface area is 96.9 Å². The molecule has 0 heterocycles. The van der Waals surface area contributed by atoms with E-state index >= 15 is 0 Å². The minimum absolute atomic E-state index is 0.423. The van der Waals surface area contributed by atoms with E-state index in [1.807, 2.05) is 39.3 Å². The number of nitrogens with zero attached hydrogens (tertiary/aromatic N) is 1. The number of aliphatic hydroxyl groups excluding tert-OH is 1. The summed E-state index contributed by atoms with van der Waals surface area (Å²) in [6.07, 6.45) is 0.1000. The van der Waals surface area contributed by atoms with E-state index in [9.17, 15) is 9.50 Å². The standard InChI is InChI=1S/C13H21FNO/c1-15(2,3)10-13(16)8-11-6-4-5-7-12(11)9-14/h4-7,13,16H,8-10H2,1-3H3/q+1. The zero-order chi connectivity index (χ0) is 12.2. The first-order valence-corrected chi connectivity index (χ1v) is 5.53. The molecule has 0 aliphatic rings. The summed E-state index contributed by atoms with van der Waals surface area (Å²) in [5.41, 5.74) is 1.59. The predicted octanol–water partition coefficient (Wildman–Crippen LogP) is 1.77. The fourth-order valence-electron chi connectivity index (χ4n) is 1.84. The number of hydrogen-bond acceptors (Lipinski definition) is 1. The summed E-state index contributed by atoms with van der Waals surface area (Å²) in [5.74, 6) is 0. The Hall–Kier alpha value is -0.930. The fraction of sp³-hybridized carbons (Fsp3) is 0.538. The van der Waals surface area contributed by atoms with E-state index in [2.05, 4.69) is 0 Å². The van der Waals surface area contributed by atoms with E-state index in [4.69, 9.17) is 0 Å². The van der Waals surface area contributed by atoms with Crippen molar-refractivity contribution in [2.75, 3.05) is 27.7 Å². The molecule has 0 amide bonds. The number of benzene rings is 1. The number of alkyl halides is 1. The van der Waals surface area contributed by atoms with Crippen LogP contribution in [0.5, 0.6) is 0 Å². The van der Waals surface area contributed by atoms with Crippen molar-refractivity contribution in [1.82, 2.24) is 0 Å². The maximum Gasteiger partial charge on any atom is 0.115 e. The molecule has 2 nitrogen and oxygen atoms in total. The van der Waals surface area contributed by atoms with Crippen molar-refractivity contribution in [2.45, 2.75) is 19.2 Å². The lowest BCUT2D eigenvalue weighted by atomic mass is 10.0. The average molecular weight is 226 g/mol. The Morgan fingerprint density at radius 2 is 1.75 bits per heavy atom. The molecule has 1 rings (SSSR count). The van der Waals surface area contributed by atoms with Gasteiger partial charge in [-0.2, -0.15) is 0 Å². The summed E-state index contributed by atoms with van der Waals surface area (Å²) >= 11 is 0. The molecule has 90 valence electrons. The van der Waals surface area contributed by atoms with Crippen LogP contribution in [-0.4, -0.2) is 43.4 Å². The summed E-state index contributed by atoms with van der Waals surface area (Å²) in [6, 6.07) is 7.36. The molecular formula is C13H21FNO+. The van der Waals surface area contributed by atoms with Crippen LogP contribution in [-0.2, 0) is 13.1 Å². The Morgan fingerprint density at radius 3 is 2.25 bits per heavy atom. The van der Waals surface area contributed by atoms with Crippen LogP contribution in [0.15, 0.2) is 24.3 Å². The van der Waals surface area contributed by atoms with Crippen molar-refractivity contribution in [3.63, 3.8) is 0 Å². The van der Waals surface area contributed by atoms with Crippen molar-refractivity contribution in [2.24, 2.45) is 0 Å². The third kappa shape index (κ3) is 4.29. The second-order valence-corrected chi connectivity index (χ2v) is 5.23. The van der Waals surface area contributed by atoms with Gasteiger partial charge in [-0.1, -0.05) is 24.3 Å². The van der Waals surface area contributed by atoms with Crippen LogP contribution in [0.3, 0.4) is 0 Å². The molecule has 3 heteroatoms. The average Bonchev–Trinajstić information content (AvgIpc) is 2.15. The van der Waals surface area contributed by atoms with Crippen LogP contribution in [0.25, 0.3) is 0 Å². The first-order chi connectivity index (χ1) is 7.42. The molecule has 0 spiro atoms. The number of halogens is 1. The molecule has 1 aromatic carbocycles. The molecule has 1 aromatic rings. The van der Waals surface area contributed by atoms with Gasteiger partial charge < -0.3 is 9.59 Å². The molecule has 1 atom stereocenters. The lowest BCUT2D eigenvalue weighted by molar-refractivity contribution is -0.873. The number of quaternary nitrogens is 1. The monoisotopic (exact) mass is 226 g/mol. The van der Waals surface area contributed by atoms with Crippen molar-refractivity contribution in [3.8, 4) is 0 Å². The highest BCUT2D eigenvalue weighted by atomic mass is 19.1. The summed E-state index contributed by atoms with van der Waals surface area (Å²) < 4.78 is 13.4. The molecule has 0 saturated carbocycles. The van der Waals surface area contributed by atoms with Crippen molar-refractivity contribution in [1.29, 1.82) is 0 Å². The van der Waals surface area contributed by atoms with Gasteiger partial charge >= 0.3 is 0 Å². The molecule has 16 heavy (non-hydrogen) atoms. The third-order valence-electron chi connectivity index (χ3n) is 2.48. The molecule has 0 bridgehead atoms. The predicted molar refractivity (Wildman–Crippen MR) is 63.9 cm³/mol. The molecule has 0 radical (unpaired) electrons. The second kappa shape index (κ2) is 5.41. The largest absolute Gasteiger partial charge is 0.387 e. The van der Waals surface area contributed by atoms with Gasteiger partial charge in [-0.3, -0.25) is 0 Å². The molecule has 0 aliphatic heterocycles. The molecule has 0 aromatic heterocycles. The first kappa shape index (κ1) is 13.1. The number of hydrogen-bond donors (Lipinski definition) is 1. The fourth-order valence-corrected chi connectivity index (χ4v) is 1.84. The van der Waals surface area contributed by atoms with E-state index < -0.39 is 12.8 Å². The Balaban J connectivity index is 2.65. The zero-order valence-electron chi connectivity index (χ0n) is 10.3. The molecule has 1 unspecified atom stereocenters. The summed E-state index contributed by atoms with van der Waals surface area (Å²) in [6.45, 7) is 0.202. The van der Waals surface area contributed by atoms with Gasteiger partial charge in [-0.05, 0) is 11.1 Å². The van der Waals surface area contributed by atoms with Crippen LogP contribution in [0.4, 0.5) is 4.39 Å². The Morgan fingerprint density at radius 1 is 1.19 bits per heavy atom. The van der Waals surface area contributed by atoms with Crippen LogP contribution >= 0.6 is 0 Å². The summed E-state index contributed by atoms with van der Waals surface area (Å²) in [5, 5.41) is 9.92. The third-order valence-corrected chi connectivity index (χ3v) is 2.48. The molecule has 1 N–H and O–H groups in total. The lowest BCUT2D eigenvalue weighted by Gasteiger charge is -2.27. The molecule has 0 aliphatic carbocycles. The minimum atomic E-state index is -0.465. The summed E-state index contributed by atoms with van der Waals surface area (Å²) in [4.78, 5) is 0. The second-order valence-electron chi connectivity index (χ2n) is 5.23. The van der Waals surface area contributed by atoms with Crippen molar-refractivity contribution in [3.05, 3.63) is 35.4 Å². The van der Waals surface area contributed by atoms with Gasteiger partial charge in [0.25, 0.3) is 0 Å². The topological polar surface area (TPSA) is 20.2 Å². The van der Waals surface area contributed by atoms with Crippen LogP contribution in [0.1, 0.15) is 11.1 Å². The number of rotatable bonds is 5. The minimum Gasteiger partial charge on any atom is -0.387 e. The highest BCUT2D eigenvalue weighted by molar-refractivity contribution is 5.27. The summed E-state index contributed by atoms with van der Waals surface area (Å²) in [7, 11) is 6.10. The maximum atomic E-state index is 12.7. The van der Waals surface area contributed by atoms with Crippen molar-refractivity contribution < 1.29 is 14.0 Å². The lowest BCUT2D eigenvalue weighted by Crippen LogP contribution is -2.42. The van der Waals surface area contributed by atoms with Gasteiger partial charge in [0, 0.05) is 6.42 Å². The van der Waals surface area contributed by atoms with Gasteiger partial charge in [0.1, 0.15) is 19.3 Å². The Bertz CT molecular complexity index is 333. The van der Waals surface area contributed by atoms with E-state index in [0.717, 1.165) is 5.56 Å². The smallest absolute Gasteiger partial charge is 0.115 e. The quantitative estimate of drug-likeness (QED) is 0.759. The van der Waals surface area contributed by atoms with E-state index in [1.54, 1.807) is 6.07 Å². The van der Waals surface area contributed by atoms with Gasteiger partial charge in [-0.15, -0.1) is 0 Å². The number of aliphatic hydroxyl groups is 1. The van der Waals surface area contributed by atoms with Gasteiger partial charge in [0.2, 0.25) is 0 Å². The van der Waals surface area contributed by atoms with E-state index in [1.165, 1.54) is 0 Å². The molecule has 0 fully saturated rings. The molecular weight excluding hydrogens is 205 g/mol. The normalized spacial score (nSPS) is 13.8.